The van der Waals surface area contributed by atoms with Gasteiger partial charge in [-0.15, -0.1) is 0 Å². The van der Waals surface area contributed by atoms with Gasteiger partial charge in [0.25, 0.3) is 0 Å². The zero-order chi connectivity index (χ0) is 22.6. The van der Waals surface area contributed by atoms with E-state index in [9.17, 15) is 4.79 Å². The van der Waals surface area contributed by atoms with Crippen molar-refractivity contribution < 1.29 is 36.7 Å². The molecular weight excluding hydrogens is 412 g/mol. The van der Waals surface area contributed by atoms with Crippen LogP contribution in [0.2, 0.25) is 18.6 Å². The molecule has 0 aliphatic carbocycles. The number of carbonyl (C=O) groups excluding carboxylic acids is 1. The highest BCUT2D eigenvalue weighted by Gasteiger charge is 2.60. The Labute approximate surface area is 178 Å². The Morgan fingerprint density at radius 2 is 1.59 bits per heavy atom. The first kappa shape index (κ1) is 28.4. The number of methoxy groups -OCH3 is 2. The van der Waals surface area contributed by atoms with Gasteiger partial charge in [-0.05, 0) is 38.4 Å². The second-order valence-electron chi connectivity index (χ2n) is 7.09. The van der Waals surface area contributed by atoms with Crippen LogP contribution in [-0.4, -0.2) is 77.8 Å². The minimum atomic E-state index is -2.35. The van der Waals surface area contributed by atoms with Crippen molar-refractivity contribution in [1.29, 1.82) is 0 Å². The van der Waals surface area contributed by atoms with E-state index in [1.807, 2.05) is 6.55 Å². The fourth-order valence-corrected chi connectivity index (χ4v) is 8.10. The first-order chi connectivity index (χ1) is 13.6. The summed E-state index contributed by atoms with van der Waals surface area (Å²) in [5, 5.41) is 0. The summed E-state index contributed by atoms with van der Waals surface area (Å²) in [6.45, 7) is 7.50. The van der Waals surface area contributed by atoms with Gasteiger partial charge in [0.15, 0.2) is 0 Å². The van der Waals surface area contributed by atoms with Gasteiger partial charge in [-0.3, -0.25) is 0 Å². The van der Waals surface area contributed by atoms with E-state index in [0.717, 1.165) is 37.8 Å². The molecule has 1 saturated heterocycles. The maximum atomic E-state index is 11.0. The third-order valence-corrected chi connectivity index (χ3v) is 12.5. The monoisotopic (exact) mass is 452 g/mol. The predicted molar refractivity (Wildman–Crippen MR) is 116 cm³/mol. The highest BCUT2D eigenvalue weighted by atomic mass is 28.4. The zero-order valence-corrected chi connectivity index (χ0v) is 21.4. The minimum absolute atomic E-state index is 0.340. The van der Waals surface area contributed by atoms with Crippen molar-refractivity contribution in [1.82, 2.24) is 0 Å². The van der Waals surface area contributed by atoms with Crippen molar-refractivity contribution in [3.05, 3.63) is 12.2 Å². The molecule has 8 nitrogen and oxygen atoms in total. The van der Waals surface area contributed by atoms with Gasteiger partial charge in [-0.1, -0.05) is 13.0 Å². The van der Waals surface area contributed by atoms with Crippen molar-refractivity contribution in [2.45, 2.75) is 56.7 Å². The first-order valence-corrected chi connectivity index (χ1v) is 14.3. The van der Waals surface area contributed by atoms with Crippen LogP contribution >= 0.6 is 0 Å². The maximum absolute atomic E-state index is 11.0. The van der Waals surface area contributed by atoms with Crippen molar-refractivity contribution in [2.75, 3.05) is 49.3 Å². The smallest absolute Gasteiger partial charge is 0.399 e. The molecule has 0 saturated carbocycles. The first-order valence-electron chi connectivity index (χ1n) is 9.79. The van der Waals surface area contributed by atoms with Crippen LogP contribution in [0.25, 0.3) is 0 Å². The van der Waals surface area contributed by atoms with E-state index < -0.39 is 22.5 Å². The van der Waals surface area contributed by atoms with Gasteiger partial charge in [0.2, 0.25) is 5.41 Å². The van der Waals surface area contributed by atoms with Gasteiger partial charge in [-0.25, -0.2) is 4.79 Å². The summed E-state index contributed by atoms with van der Waals surface area (Å²) in [5.41, 5.74) is -0.206. The summed E-state index contributed by atoms with van der Waals surface area (Å²) in [6, 6.07) is 1.74. The molecule has 0 atom stereocenters. The number of carbonyl (C=O) groups is 1. The topological polar surface area (TPSA) is 81.7 Å². The minimum Gasteiger partial charge on any atom is -0.462 e. The lowest BCUT2D eigenvalue weighted by molar-refractivity contribution is -0.183. The second kappa shape index (κ2) is 13.7. The number of esters is 1. The van der Waals surface area contributed by atoms with Gasteiger partial charge < -0.3 is 31.9 Å². The fourth-order valence-electron chi connectivity index (χ4n) is 3.26. The molecule has 0 N–H and O–H groups in total. The van der Waals surface area contributed by atoms with Gasteiger partial charge >= 0.3 is 23.1 Å². The van der Waals surface area contributed by atoms with E-state index in [-0.39, 0.29) is 5.97 Å². The van der Waals surface area contributed by atoms with E-state index in [1.165, 1.54) is 0 Å². The summed E-state index contributed by atoms with van der Waals surface area (Å²) < 4.78 is 37.8. The van der Waals surface area contributed by atoms with Crippen LogP contribution < -0.4 is 0 Å². The Kier molecular flexibility index (Phi) is 13.4. The molecule has 172 valence electrons. The van der Waals surface area contributed by atoms with E-state index >= 15 is 0 Å². The summed E-state index contributed by atoms with van der Waals surface area (Å²) in [6.07, 6.45) is 3.84. The Bertz CT molecular complexity index is 469. The molecule has 0 radical (unpaired) electrons. The normalized spacial score (nSPS) is 17.8. The van der Waals surface area contributed by atoms with Crippen LogP contribution in [0.5, 0.6) is 0 Å². The SMILES string of the molecule is C=C(C)C(=O)OCCC[Si](C)(OC)OC.COC1(OC)CCCC[Si]1(OC)OC. The molecule has 1 rings (SSSR count). The molecular formula is C19H40O8Si2. The van der Waals surface area contributed by atoms with Crippen LogP contribution in [0.1, 0.15) is 32.6 Å². The molecule has 0 amide bonds. The lowest BCUT2D eigenvalue weighted by atomic mass is 10.2. The van der Waals surface area contributed by atoms with Crippen molar-refractivity contribution in [3.8, 4) is 0 Å². The molecule has 0 bridgehead atoms. The maximum Gasteiger partial charge on any atom is 0.399 e. The van der Waals surface area contributed by atoms with Crippen LogP contribution in [0.15, 0.2) is 12.2 Å². The van der Waals surface area contributed by atoms with E-state index in [0.29, 0.717) is 12.2 Å². The lowest BCUT2D eigenvalue weighted by Gasteiger charge is -2.46. The average Bonchev–Trinajstić information content (AvgIpc) is 2.76. The van der Waals surface area contributed by atoms with Crippen molar-refractivity contribution in [3.63, 3.8) is 0 Å². The number of hydrogen-bond acceptors (Lipinski definition) is 8. The number of hydrogen-bond donors (Lipinski definition) is 0. The van der Waals surface area contributed by atoms with E-state index in [1.54, 1.807) is 49.6 Å². The van der Waals surface area contributed by atoms with Crippen LogP contribution in [-0.2, 0) is 36.7 Å². The molecule has 0 unspecified atom stereocenters. The molecule has 1 heterocycles. The molecule has 1 aliphatic rings. The lowest BCUT2D eigenvalue weighted by Crippen LogP contribution is -2.65. The molecule has 0 aromatic rings. The summed E-state index contributed by atoms with van der Waals surface area (Å²) in [5.74, 6) is -0.340. The summed E-state index contributed by atoms with van der Waals surface area (Å²) in [4.78, 5) is 11.0. The predicted octanol–water partition coefficient (Wildman–Crippen LogP) is 3.29. The van der Waals surface area contributed by atoms with Crippen LogP contribution in [0.4, 0.5) is 0 Å². The third-order valence-electron chi connectivity index (χ3n) is 5.38. The highest BCUT2D eigenvalue weighted by Crippen LogP contribution is 2.40. The Hall–Kier alpha value is -0.596. The molecule has 0 spiro atoms. The number of rotatable bonds is 11. The van der Waals surface area contributed by atoms with Gasteiger partial charge in [0, 0.05) is 54.7 Å². The van der Waals surface area contributed by atoms with E-state index in [4.69, 9.17) is 31.9 Å². The van der Waals surface area contributed by atoms with Crippen LogP contribution in [0, 0.1) is 0 Å². The Morgan fingerprint density at radius 1 is 1.03 bits per heavy atom. The van der Waals surface area contributed by atoms with Gasteiger partial charge in [-0.2, -0.15) is 0 Å². The molecule has 0 aromatic heterocycles. The van der Waals surface area contributed by atoms with Gasteiger partial charge in [0.05, 0.1) is 6.61 Å². The van der Waals surface area contributed by atoms with E-state index in [2.05, 4.69) is 6.58 Å². The molecule has 10 heteroatoms. The largest absolute Gasteiger partial charge is 0.462 e. The standard InChI is InChI=1S/C10H20O4Si.C9H20O4Si/c1-9(2)10(11)14-7-6-8-15(5,12-3)13-4;1-10-9(11-2)7-5-6-8-14(9,12-3)13-4/h1,6-8H2,2-5H3;5-8H2,1-4H3. The summed E-state index contributed by atoms with van der Waals surface area (Å²) >= 11 is 0. The zero-order valence-electron chi connectivity index (χ0n) is 19.4. The second-order valence-corrected chi connectivity index (χ2v) is 14.3. The Balaban J connectivity index is 0.000000541. The average molecular weight is 453 g/mol. The van der Waals surface area contributed by atoms with Gasteiger partial charge in [0.1, 0.15) is 0 Å². The molecule has 29 heavy (non-hydrogen) atoms. The third kappa shape index (κ3) is 7.87. The van der Waals surface area contributed by atoms with Crippen LogP contribution in [0.3, 0.4) is 0 Å². The quantitative estimate of drug-likeness (QED) is 0.155. The highest BCUT2D eigenvalue weighted by molar-refractivity contribution is 6.70. The molecule has 0 aromatic carbocycles. The molecule has 1 fully saturated rings. The van der Waals surface area contributed by atoms with Crippen molar-refractivity contribution >= 4 is 23.1 Å². The Morgan fingerprint density at radius 3 is 1.97 bits per heavy atom. The molecule has 1 aliphatic heterocycles. The van der Waals surface area contributed by atoms with Crippen molar-refractivity contribution in [2.24, 2.45) is 0 Å². The number of ether oxygens (including phenoxy) is 3. The summed E-state index contributed by atoms with van der Waals surface area (Å²) in [7, 11) is 5.63. The fraction of sp³-hybridized carbons (Fsp3) is 0.842.